The zero-order valence-electron chi connectivity index (χ0n) is 9.69. The van der Waals surface area contributed by atoms with Crippen molar-refractivity contribution in [3.05, 3.63) is 29.8 Å². The van der Waals surface area contributed by atoms with Gasteiger partial charge in [0, 0.05) is 5.56 Å². The fourth-order valence-corrected chi connectivity index (χ4v) is 1.48. The molecule has 1 saturated carbocycles. The van der Waals surface area contributed by atoms with Gasteiger partial charge in [-0.05, 0) is 38.9 Å². The van der Waals surface area contributed by atoms with E-state index in [1.165, 1.54) is 0 Å². The molecule has 0 aliphatic heterocycles. The van der Waals surface area contributed by atoms with Crippen LogP contribution in [-0.4, -0.2) is 25.0 Å². The van der Waals surface area contributed by atoms with Crippen molar-refractivity contribution in [2.75, 3.05) is 7.05 Å². The lowest BCUT2D eigenvalue weighted by molar-refractivity contribution is 0.0954. The minimum atomic E-state index is -0.156. The minimum absolute atomic E-state index is 0.101. The number of hydrogen-bond donors (Lipinski definition) is 1. The molecule has 0 saturated heterocycles. The van der Waals surface area contributed by atoms with Crippen LogP contribution >= 0.6 is 0 Å². The summed E-state index contributed by atoms with van der Waals surface area (Å²) in [5.74, 6) is 0.903. The molecular weight excluding hydrogens is 202 g/mol. The minimum Gasteiger partial charge on any atom is -0.490 e. The highest BCUT2D eigenvalue weighted by Gasteiger charge is 2.23. The van der Waals surface area contributed by atoms with Crippen LogP contribution in [0.15, 0.2) is 24.3 Å². The lowest BCUT2D eigenvalue weighted by atomic mass is 10.1. The summed E-state index contributed by atoms with van der Waals surface area (Å²) in [5.41, 5.74) is 0.708. The molecule has 0 heterocycles. The van der Waals surface area contributed by atoms with E-state index in [2.05, 4.69) is 5.32 Å². The summed E-state index contributed by atoms with van der Waals surface area (Å²) in [5, 5.41) is 2.95. The van der Waals surface area contributed by atoms with Gasteiger partial charge in [-0.1, -0.05) is 12.1 Å². The fraction of sp³-hybridized carbons (Fsp3) is 0.462. The van der Waals surface area contributed by atoms with Crippen LogP contribution in [-0.2, 0) is 0 Å². The van der Waals surface area contributed by atoms with E-state index in [0.29, 0.717) is 11.7 Å². The van der Waals surface area contributed by atoms with E-state index < -0.39 is 0 Å². The third kappa shape index (κ3) is 2.61. The summed E-state index contributed by atoms with van der Waals surface area (Å²) in [4.78, 5) is 11.9. The third-order valence-electron chi connectivity index (χ3n) is 2.77. The number of rotatable bonds is 5. The number of ketones is 1. The van der Waals surface area contributed by atoms with Gasteiger partial charge in [0.05, 0.1) is 12.1 Å². The molecule has 0 bridgehead atoms. The van der Waals surface area contributed by atoms with E-state index in [1.807, 2.05) is 31.2 Å². The molecule has 1 aromatic rings. The second-order valence-electron chi connectivity index (χ2n) is 4.22. The number of nitrogens with one attached hydrogen (secondary N) is 1. The lowest BCUT2D eigenvalue weighted by Gasteiger charge is -2.10. The van der Waals surface area contributed by atoms with Crippen LogP contribution in [0.5, 0.6) is 5.75 Å². The molecule has 1 aliphatic rings. The average molecular weight is 219 g/mol. The van der Waals surface area contributed by atoms with E-state index in [0.717, 1.165) is 18.6 Å². The number of likely N-dealkylation sites (N-methyl/N-ethyl adjacent to an activating group) is 1. The highest BCUT2D eigenvalue weighted by atomic mass is 16.5. The Labute approximate surface area is 95.8 Å². The van der Waals surface area contributed by atoms with E-state index in [4.69, 9.17) is 4.74 Å². The Morgan fingerprint density at radius 2 is 2.25 bits per heavy atom. The monoisotopic (exact) mass is 219 g/mol. The molecule has 0 amide bonds. The third-order valence-corrected chi connectivity index (χ3v) is 2.77. The van der Waals surface area contributed by atoms with Crippen molar-refractivity contribution < 1.29 is 9.53 Å². The largest absolute Gasteiger partial charge is 0.490 e. The molecule has 0 spiro atoms. The van der Waals surface area contributed by atoms with E-state index in [1.54, 1.807) is 7.05 Å². The Morgan fingerprint density at radius 1 is 1.50 bits per heavy atom. The van der Waals surface area contributed by atoms with Crippen molar-refractivity contribution in [1.29, 1.82) is 0 Å². The Balaban J connectivity index is 2.10. The van der Waals surface area contributed by atoms with Gasteiger partial charge < -0.3 is 10.1 Å². The highest BCUT2D eigenvalue weighted by molar-refractivity contribution is 6.00. The average Bonchev–Trinajstić information content (AvgIpc) is 3.11. The highest BCUT2D eigenvalue weighted by Crippen LogP contribution is 2.27. The quantitative estimate of drug-likeness (QED) is 0.770. The van der Waals surface area contributed by atoms with Crippen LogP contribution in [0.25, 0.3) is 0 Å². The molecule has 1 aromatic carbocycles. The SMILES string of the molecule is CNC(C)C(=O)c1cccc(OC2CC2)c1. The molecular formula is C13H17NO2. The van der Waals surface area contributed by atoms with E-state index in [-0.39, 0.29) is 11.8 Å². The number of carbonyl (C=O) groups is 1. The lowest BCUT2D eigenvalue weighted by Crippen LogP contribution is -2.30. The predicted molar refractivity (Wildman–Crippen MR) is 62.9 cm³/mol. The van der Waals surface area contributed by atoms with Gasteiger partial charge >= 0.3 is 0 Å². The molecule has 1 fully saturated rings. The number of benzene rings is 1. The second kappa shape index (κ2) is 4.66. The van der Waals surface area contributed by atoms with Crippen LogP contribution in [0.3, 0.4) is 0 Å². The van der Waals surface area contributed by atoms with Crippen molar-refractivity contribution in [3.8, 4) is 5.75 Å². The van der Waals surface area contributed by atoms with Crippen LogP contribution in [0.1, 0.15) is 30.1 Å². The van der Waals surface area contributed by atoms with Crippen LogP contribution in [0.4, 0.5) is 0 Å². The molecule has 1 N–H and O–H groups in total. The molecule has 16 heavy (non-hydrogen) atoms. The maximum absolute atomic E-state index is 11.9. The van der Waals surface area contributed by atoms with Crippen molar-refractivity contribution in [1.82, 2.24) is 5.32 Å². The van der Waals surface area contributed by atoms with Crippen LogP contribution in [0.2, 0.25) is 0 Å². The summed E-state index contributed by atoms with van der Waals surface area (Å²) in [6, 6.07) is 7.27. The standard InChI is InChI=1S/C13H17NO2/c1-9(14-2)13(15)10-4-3-5-12(8-10)16-11-6-7-11/h3-5,8-9,11,14H,6-7H2,1-2H3. The molecule has 0 aromatic heterocycles. The predicted octanol–water partition coefficient (Wildman–Crippen LogP) is 2.02. The van der Waals surface area contributed by atoms with Gasteiger partial charge in [0.1, 0.15) is 5.75 Å². The molecule has 2 rings (SSSR count). The molecule has 1 unspecified atom stereocenters. The summed E-state index contributed by atoms with van der Waals surface area (Å²) in [6.07, 6.45) is 2.63. The fourth-order valence-electron chi connectivity index (χ4n) is 1.48. The van der Waals surface area contributed by atoms with Crippen molar-refractivity contribution in [2.45, 2.75) is 31.9 Å². The van der Waals surface area contributed by atoms with Gasteiger partial charge in [0.25, 0.3) is 0 Å². The Morgan fingerprint density at radius 3 is 2.88 bits per heavy atom. The molecule has 1 aliphatic carbocycles. The zero-order valence-corrected chi connectivity index (χ0v) is 9.69. The summed E-state index contributed by atoms with van der Waals surface area (Å²) >= 11 is 0. The van der Waals surface area contributed by atoms with Crippen LogP contribution in [0, 0.1) is 0 Å². The van der Waals surface area contributed by atoms with Gasteiger partial charge in [0.15, 0.2) is 5.78 Å². The van der Waals surface area contributed by atoms with Gasteiger partial charge in [-0.3, -0.25) is 4.79 Å². The molecule has 0 radical (unpaired) electrons. The van der Waals surface area contributed by atoms with Gasteiger partial charge in [-0.25, -0.2) is 0 Å². The molecule has 3 heteroatoms. The maximum Gasteiger partial charge on any atom is 0.179 e. The normalized spacial score (nSPS) is 16.9. The number of hydrogen-bond acceptors (Lipinski definition) is 3. The first-order chi connectivity index (χ1) is 7.70. The molecule has 3 nitrogen and oxygen atoms in total. The van der Waals surface area contributed by atoms with E-state index >= 15 is 0 Å². The zero-order chi connectivity index (χ0) is 11.5. The first-order valence-corrected chi connectivity index (χ1v) is 5.69. The maximum atomic E-state index is 11.9. The van der Waals surface area contributed by atoms with Crippen molar-refractivity contribution in [3.63, 3.8) is 0 Å². The number of Topliss-reactive ketones (excluding diaryl/α,β-unsaturated/α-hetero) is 1. The van der Waals surface area contributed by atoms with E-state index in [9.17, 15) is 4.79 Å². The smallest absolute Gasteiger partial charge is 0.179 e. The number of ether oxygens (including phenoxy) is 1. The Bertz CT molecular complexity index is 385. The number of carbonyl (C=O) groups excluding carboxylic acids is 1. The topological polar surface area (TPSA) is 38.3 Å². The molecule has 86 valence electrons. The first kappa shape index (κ1) is 11.1. The summed E-state index contributed by atoms with van der Waals surface area (Å²) in [6.45, 7) is 1.86. The van der Waals surface area contributed by atoms with Gasteiger partial charge in [0.2, 0.25) is 0 Å². The Kier molecular flexibility index (Phi) is 3.25. The van der Waals surface area contributed by atoms with Gasteiger partial charge in [-0.2, -0.15) is 0 Å². The summed E-state index contributed by atoms with van der Waals surface area (Å²) < 4.78 is 5.66. The Hall–Kier alpha value is -1.35. The first-order valence-electron chi connectivity index (χ1n) is 5.69. The van der Waals surface area contributed by atoms with Crippen molar-refractivity contribution >= 4 is 5.78 Å². The second-order valence-corrected chi connectivity index (χ2v) is 4.22. The van der Waals surface area contributed by atoms with Gasteiger partial charge in [-0.15, -0.1) is 0 Å². The molecule has 1 atom stereocenters. The van der Waals surface area contributed by atoms with Crippen LogP contribution < -0.4 is 10.1 Å². The van der Waals surface area contributed by atoms with Crippen molar-refractivity contribution in [2.24, 2.45) is 0 Å². The summed E-state index contributed by atoms with van der Waals surface area (Å²) in [7, 11) is 1.78.